The van der Waals surface area contributed by atoms with Gasteiger partial charge in [-0.25, -0.2) is 9.59 Å². The molecule has 0 bridgehead atoms. The number of aromatic carboxylic acids is 1. The number of amides is 2. The van der Waals surface area contributed by atoms with E-state index in [0.29, 0.717) is 16.8 Å². The van der Waals surface area contributed by atoms with E-state index in [-0.39, 0.29) is 0 Å². The zero-order valence-corrected chi connectivity index (χ0v) is 16.1. The van der Waals surface area contributed by atoms with Gasteiger partial charge in [0.25, 0.3) is 5.69 Å². The lowest BCUT2D eigenvalue weighted by atomic mass is 9.87. The quantitative estimate of drug-likeness (QED) is 0.426. The van der Waals surface area contributed by atoms with E-state index in [0.717, 1.165) is 11.1 Å². The fourth-order valence-electron chi connectivity index (χ4n) is 3.64. The normalized spacial score (nSPS) is 15.7. The molecule has 154 valence electrons. The van der Waals surface area contributed by atoms with Crippen LogP contribution in [-0.2, 0) is 0 Å². The number of carbonyl (C=O) groups excluding carboxylic acids is 1. The van der Waals surface area contributed by atoms with Gasteiger partial charge in [0.05, 0.1) is 16.7 Å². The minimum atomic E-state index is -1.39. The minimum Gasteiger partial charge on any atom is -0.477 e. The highest BCUT2D eigenvalue weighted by Gasteiger charge is 2.32. The molecule has 8 heteroatoms. The number of nitro groups is 1. The molecule has 1 aliphatic rings. The van der Waals surface area contributed by atoms with E-state index in [1.807, 2.05) is 60.7 Å². The molecule has 8 nitrogen and oxygen atoms in total. The lowest BCUT2D eigenvalue weighted by Gasteiger charge is -2.31. The standard InChI is InChI=1S/C23H17N3O5/c27-22(28)17-12-11-16(13-18(17)26(30)31)21-19(14-7-3-1-4-8-14)20(24-23(29)25-21)15-9-5-2-6-10-15/h1-13,21H,(H,27,28)(H2,24,25,29). The summed E-state index contributed by atoms with van der Waals surface area (Å²) in [6, 6.07) is 21.3. The first-order chi connectivity index (χ1) is 15.0. The summed E-state index contributed by atoms with van der Waals surface area (Å²) >= 11 is 0. The molecule has 31 heavy (non-hydrogen) atoms. The maximum Gasteiger partial charge on any atom is 0.342 e. The lowest BCUT2D eigenvalue weighted by molar-refractivity contribution is -0.385. The zero-order valence-electron chi connectivity index (χ0n) is 16.1. The monoisotopic (exact) mass is 415 g/mol. The first-order valence-electron chi connectivity index (χ1n) is 9.40. The van der Waals surface area contributed by atoms with Crippen LogP contribution in [-0.4, -0.2) is 22.0 Å². The van der Waals surface area contributed by atoms with Crippen LogP contribution in [0.2, 0.25) is 0 Å². The van der Waals surface area contributed by atoms with Crippen molar-refractivity contribution in [2.75, 3.05) is 0 Å². The van der Waals surface area contributed by atoms with Gasteiger partial charge >= 0.3 is 12.0 Å². The molecule has 3 aromatic rings. The zero-order chi connectivity index (χ0) is 22.0. The molecule has 3 N–H and O–H groups in total. The number of rotatable bonds is 5. The number of nitro benzene ring substituents is 1. The van der Waals surface area contributed by atoms with Gasteiger partial charge in [-0.1, -0.05) is 66.7 Å². The summed E-state index contributed by atoms with van der Waals surface area (Å²) in [5, 5.41) is 26.4. The van der Waals surface area contributed by atoms with Crippen molar-refractivity contribution in [2.24, 2.45) is 0 Å². The second-order valence-electron chi connectivity index (χ2n) is 6.89. The Morgan fingerprint density at radius 1 is 0.935 bits per heavy atom. The third-order valence-electron chi connectivity index (χ3n) is 5.00. The molecular formula is C23H17N3O5. The third-order valence-corrected chi connectivity index (χ3v) is 5.00. The fraction of sp³-hybridized carbons (Fsp3) is 0.0435. The van der Waals surface area contributed by atoms with Gasteiger partial charge in [0.2, 0.25) is 0 Å². The number of hydrogen-bond acceptors (Lipinski definition) is 4. The molecule has 0 saturated carbocycles. The Bertz CT molecular complexity index is 1210. The number of nitrogens with zero attached hydrogens (tertiary/aromatic N) is 1. The molecule has 0 radical (unpaired) electrons. The molecule has 2 amide bonds. The summed E-state index contributed by atoms with van der Waals surface area (Å²) in [5.74, 6) is -1.39. The van der Waals surface area contributed by atoms with Crippen LogP contribution in [0.5, 0.6) is 0 Å². The molecule has 1 unspecified atom stereocenters. The molecule has 0 aliphatic carbocycles. The van der Waals surface area contributed by atoms with Crippen molar-refractivity contribution >= 4 is 29.0 Å². The number of carboxylic acids is 1. The Balaban J connectivity index is 1.96. The average molecular weight is 415 g/mol. The molecule has 0 fully saturated rings. The van der Waals surface area contributed by atoms with Crippen LogP contribution in [0.4, 0.5) is 10.5 Å². The maximum atomic E-state index is 12.5. The number of urea groups is 1. The smallest absolute Gasteiger partial charge is 0.342 e. The first kappa shape index (κ1) is 19.8. The molecule has 0 saturated heterocycles. The molecular weight excluding hydrogens is 398 g/mol. The predicted molar refractivity (Wildman–Crippen MR) is 114 cm³/mol. The van der Waals surface area contributed by atoms with E-state index in [1.165, 1.54) is 18.2 Å². The molecule has 4 rings (SSSR count). The van der Waals surface area contributed by atoms with E-state index >= 15 is 0 Å². The first-order valence-corrected chi connectivity index (χ1v) is 9.40. The van der Waals surface area contributed by atoms with E-state index in [9.17, 15) is 24.8 Å². The summed E-state index contributed by atoms with van der Waals surface area (Å²) < 4.78 is 0. The predicted octanol–water partition coefficient (Wildman–Crippen LogP) is 4.22. The van der Waals surface area contributed by atoms with Crippen molar-refractivity contribution in [3.05, 3.63) is 111 Å². The van der Waals surface area contributed by atoms with E-state index in [4.69, 9.17) is 0 Å². The van der Waals surface area contributed by atoms with Gasteiger partial charge in [-0.3, -0.25) is 10.1 Å². The number of hydrogen-bond donors (Lipinski definition) is 3. The largest absolute Gasteiger partial charge is 0.477 e. The van der Waals surface area contributed by atoms with Crippen LogP contribution in [0.3, 0.4) is 0 Å². The van der Waals surface area contributed by atoms with Crippen LogP contribution in [0.1, 0.15) is 33.1 Å². The fourth-order valence-corrected chi connectivity index (χ4v) is 3.64. The van der Waals surface area contributed by atoms with Crippen molar-refractivity contribution in [3.63, 3.8) is 0 Å². The topological polar surface area (TPSA) is 122 Å². The second-order valence-corrected chi connectivity index (χ2v) is 6.89. The van der Waals surface area contributed by atoms with Crippen molar-refractivity contribution in [1.82, 2.24) is 10.6 Å². The second kappa shape index (κ2) is 8.11. The number of carbonyl (C=O) groups is 2. The SMILES string of the molecule is O=C1NC(c2ccccc2)=C(c2ccccc2)C(c2ccc(C(=O)O)c([N+](=O)[O-])c2)N1. The van der Waals surface area contributed by atoms with Crippen LogP contribution in [0.25, 0.3) is 11.3 Å². The van der Waals surface area contributed by atoms with Crippen LogP contribution >= 0.6 is 0 Å². The van der Waals surface area contributed by atoms with Gasteiger partial charge in [0, 0.05) is 11.6 Å². The van der Waals surface area contributed by atoms with Crippen LogP contribution < -0.4 is 10.6 Å². The summed E-state index contributed by atoms with van der Waals surface area (Å²) in [7, 11) is 0. The number of carboxylic acid groups (broad SMARTS) is 1. The highest BCUT2D eigenvalue weighted by molar-refractivity contribution is 6.03. The molecule has 1 atom stereocenters. The summed E-state index contributed by atoms with van der Waals surface area (Å²) in [4.78, 5) is 34.7. The number of nitrogens with one attached hydrogen (secondary N) is 2. The Morgan fingerprint density at radius 3 is 2.13 bits per heavy atom. The van der Waals surface area contributed by atoms with Gasteiger partial charge in [0.15, 0.2) is 0 Å². The van der Waals surface area contributed by atoms with Crippen molar-refractivity contribution in [3.8, 4) is 0 Å². The Hall–Kier alpha value is -4.46. The van der Waals surface area contributed by atoms with Crippen LogP contribution in [0.15, 0.2) is 78.9 Å². The molecule has 1 aliphatic heterocycles. The molecule has 0 aromatic heterocycles. The van der Waals surface area contributed by atoms with E-state index < -0.39 is 34.2 Å². The van der Waals surface area contributed by atoms with Crippen molar-refractivity contribution in [2.45, 2.75) is 6.04 Å². The van der Waals surface area contributed by atoms with Gasteiger partial charge in [-0.05, 0) is 22.8 Å². The van der Waals surface area contributed by atoms with Crippen molar-refractivity contribution in [1.29, 1.82) is 0 Å². The summed E-state index contributed by atoms with van der Waals surface area (Å²) in [6.45, 7) is 0. The molecule has 0 spiro atoms. The van der Waals surface area contributed by atoms with E-state index in [1.54, 1.807) is 0 Å². The third kappa shape index (κ3) is 3.86. The molecule has 3 aromatic carbocycles. The Labute approximate surface area is 177 Å². The van der Waals surface area contributed by atoms with Gasteiger partial charge in [0.1, 0.15) is 5.56 Å². The maximum absolute atomic E-state index is 12.5. The van der Waals surface area contributed by atoms with Gasteiger partial charge < -0.3 is 15.7 Å². The Morgan fingerprint density at radius 2 is 1.55 bits per heavy atom. The Kier molecular flexibility index (Phi) is 5.19. The molecule has 1 heterocycles. The van der Waals surface area contributed by atoms with Crippen LogP contribution in [0, 0.1) is 10.1 Å². The summed E-state index contributed by atoms with van der Waals surface area (Å²) in [5.41, 5.74) is 2.32. The highest BCUT2D eigenvalue weighted by Crippen LogP contribution is 2.39. The van der Waals surface area contributed by atoms with Gasteiger partial charge in [-0.2, -0.15) is 0 Å². The minimum absolute atomic E-state index is 0.402. The summed E-state index contributed by atoms with van der Waals surface area (Å²) in [6.07, 6.45) is 0. The van der Waals surface area contributed by atoms with E-state index in [2.05, 4.69) is 10.6 Å². The van der Waals surface area contributed by atoms with Gasteiger partial charge in [-0.15, -0.1) is 0 Å². The lowest BCUT2D eigenvalue weighted by Crippen LogP contribution is -2.43. The van der Waals surface area contributed by atoms with Crippen molar-refractivity contribution < 1.29 is 19.6 Å². The number of benzene rings is 3. The average Bonchev–Trinajstić information content (AvgIpc) is 2.79. The highest BCUT2D eigenvalue weighted by atomic mass is 16.6.